The topological polar surface area (TPSA) is 17.8 Å². The van der Waals surface area contributed by atoms with Crippen LogP contribution in [0.15, 0.2) is 18.7 Å². The second-order valence-electron chi connectivity index (χ2n) is 6.15. The van der Waals surface area contributed by atoms with Gasteiger partial charge < -0.3 is 0 Å². The second-order valence-corrected chi connectivity index (χ2v) is 7.26. The molecular formula is C19H37IN2. The van der Waals surface area contributed by atoms with Crippen LogP contribution >= 0.6 is 22.9 Å². The predicted octanol–water partition coefficient (Wildman–Crippen LogP) is 7.57. The molecule has 3 heteroatoms. The molecule has 2 nitrogen and oxygen atoms in total. The summed E-state index contributed by atoms with van der Waals surface area (Å²) in [6.45, 7) is 4.58. The van der Waals surface area contributed by atoms with Crippen LogP contribution < -0.4 is 0 Å². The van der Waals surface area contributed by atoms with Gasteiger partial charge >= 0.3 is 0 Å². The number of unbranched alkanes of at least 4 members (excludes halogenated alkanes) is 13. The molecule has 0 amide bonds. The summed E-state index contributed by atoms with van der Waals surface area (Å²) in [5, 5.41) is 0. The molecule has 0 aliphatic heterocycles. The summed E-state index contributed by atoms with van der Waals surface area (Å²) in [6, 6.07) is 0. The smallest absolute Gasteiger partial charge is 0.103 e. The summed E-state index contributed by atoms with van der Waals surface area (Å²) in [6.07, 6.45) is 25.8. The largest absolute Gasteiger partial charge is 0.279 e. The highest BCUT2D eigenvalue weighted by Gasteiger charge is 1.92. The number of rotatable bonds is 13. The van der Waals surface area contributed by atoms with Gasteiger partial charge in [-0.15, -0.1) is 0 Å². The van der Waals surface area contributed by atoms with Crippen LogP contribution in [0.2, 0.25) is 0 Å². The van der Waals surface area contributed by atoms with E-state index in [1.54, 1.807) is 12.5 Å². The first-order valence-corrected chi connectivity index (χ1v) is 10.4. The maximum atomic E-state index is 3.78. The summed E-state index contributed by atoms with van der Waals surface area (Å²) in [7, 11) is 0. The summed E-state index contributed by atoms with van der Waals surface area (Å²) in [4.78, 5) is 3.78. The van der Waals surface area contributed by atoms with Gasteiger partial charge in [-0.1, -0.05) is 104 Å². The fourth-order valence-corrected chi connectivity index (χ4v) is 2.80. The Morgan fingerprint density at radius 2 is 1.05 bits per heavy atom. The van der Waals surface area contributed by atoms with Gasteiger partial charge in [-0.25, -0.2) is 4.98 Å². The van der Waals surface area contributed by atoms with Crippen molar-refractivity contribution in [3.05, 3.63) is 18.7 Å². The minimum atomic E-state index is 1.37. The van der Waals surface area contributed by atoms with Crippen molar-refractivity contribution < 1.29 is 0 Å². The second kappa shape index (κ2) is 19.0. The van der Waals surface area contributed by atoms with Gasteiger partial charge in [0, 0.05) is 12.4 Å². The normalized spacial score (nSPS) is 10.3. The lowest BCUT2D eigenvalue weighted by Gasteiger charge is -2.02. The molecule has 0 saturated carbocycles. The van der Waals surface area contributed by atoms with Gasteiger partial charge in [0.05, 0.1) is 22.9 Å². The molecule has 0 unspecified atom stereocenters. The van der Waals surface area contributed by atoms with Gasteiger partial charge in [0.15, 0.2) is 0 Å². The maximum absolute atomic E-state index is 3.78. The molecule has 0 radical (unpaired) electrons. The van der Waals surface area contributed by atoms with Crippen LogP contribution in [0, 0.1) is 0 Å². The molecule has 0 bridgehead atoms. The van der Waals surface area contributed by atoms with Crippen molar-refractivity contribution >= 4 is 22.9 Å². The Morgan fingerprint density at radius 1 is 0.682 bits per heavy atom. The highest BCUT2D eigenvalue weighted by molar-refractivity contribution is 14.1. The van der Waals surface area contributed by atoms with Crippen LogP contribution in [-0.4, -0.2) is 7.76 Å². The molecule has 1 aromatic heterocycles. The van der Waals surface area contributed by atoms with Crippen molar-refractivity contribution in [1.82, 2.24) is 7.76 Å². The maximum Gasteiger partial charge on any atom is 0.103 e. The van der Waals surface area contributed by atoms with Crippen molar-refractivity contribution in [2.45, 2.75) is 104 Å². The zero-order valence-corrected chi connectivity index (χ0v) is 17.1. The van der Waals surface area contributed by atoms with E-state index in [4.69, 9.17) is 0 Å². The zero-order chi connectivity index (χ0) is 16.3. The Bertz CT molecular complexity index is 272. The first-order valence-electron chi connectivity index (χ1n) is 9.45. The molecule has 22 heavy (non-hydrogen) atoms. The van der Waals surface area contributed by atoms with E-state index in [0.29, 0.717) is 0 Å². The summed E-state index contributed by atoms with van der Waals surface area (Å²) in [5.41, 5.74) is 0. The average molecular weight is 420 g/mol. The highest BCUT2D eigenvalue weighted by Crippen LogP contribution is 2.12. The number of hydrogen-bond donors (Lipinski definition) is 0. The first-order chi connectivity index (χ1) is 10.8. The monoisotopic (exact) mass is 420 g/mol. The Kier molecular flexibility index (Phi) is 18.9. The highest BCUT2D eigenvalue weighted by atomic mass is 127. The molecule has 0 saturated heterocycles. The van der Waals surface area contributed by atoms with Crippen LogP contribution in [0.3, 0.4) is 0 Å². The fourth-order valence-electron chi connectivity index (χ4n) is 2.51. The van der Waals surface area contributed by atoms with E-state index in [9.17, 15) is 0 Å². The quantitative estimate of drug-likeness (QED) is 0.238. The van der Waals surface area contributed by atoms with E-state index in [-0.39, 0.29) is 0 Å². The summed E-state index contributed by atoms with van der Waals surface area (Å²) < 4.78 is 1.86. The molecule has 0 spiro atoms. The third-order valence-corrected chi connectivity index (χ3v) is 4.50. The summed E-state index contributed by atoms with van der Waals surface area (Å²) >= 11 is 2.13. The van der Waals surface area contributed by atoms with Gasteiger partial charge in [0.1, 0.15) is 6.33 Å². The number of halogens is 1. The Labute approximate surface area is 153 Å². The number of imidazole rings is 1. The van der Waals surface area contributed by atoms with Gasteiger partial charge in [-0.2, -0.15) is 0 Å². The average Bonchev–Trinajstić information content (AvgIpc) is 3.00. The van der Waals surface area contributed by atoms with Gasteiger partial charge in [0.25, 0.3) is 0 Å². The van der Waals surface area contributed by atoms with Gasteiger partial charge in [0.2, 0.25) is 0 Å². The predicted molar refractivity (Wildman–Crippen MR) is 108 cm³/mol. The van der Waals surface area contributed by atoms with E-state index < -0.39 is 0 Å². The van der Waals surface area contributed by atoms with Crippen molar-refractivity contribution in [3.8, 4) is 0 Å². The third kappa shape index (κ3) is 18.0. The van der Waals surface area contributed by atoms with Crippen molar-refractivity contribution in [2.75, 3.05) is 0 Å². The van der Waals surface area contributed by atoms with Crippen LogP contribution in [0.4, 0.5) is 0 Å². The molecule has 0 N–H and O–H groups in total. The fraction of sp³-hybridized carbons (Fsp3) is 0.842. The van der Waals surface area contributed by atoms with Gasteiger partial charge in [-0.3, -0.25) is 2.78 Å². The van der Waals surface area contributed by atoms with E-state index in [1.807, 2.05) is 8.98 Å². The van der Waals surface area contributed by atoms with E-state index in [1.165, 1.54) is 89.9 Å². The lowest BCUT2D eigenvalue weighted by atomic mass is 10.0. The SMILES string of the molecule is CCCCCCCCCCCCCCCC.In1ccnc1. The third-order valence-electron chi connectivity index (χ3n) is 3.93. The number of aromatic nitrogens is 2. The molecule has 1 heterocycles. The van der Waals surface area contributed by atoms with Crippen LogP contribution in [0.25, 0.3) is 0 Å². The molecule has 1 rings (SSSR count). The minimum absolute atomic E-state index is 1.37. The van der Waals surface area contributed by atoms with Crippen molar-refractivity contribution in [3.63, 3.8) is 0 Å². The molecule has 0 aliphatic rings. The number of hydrogen-bond acceptors (Lipinski definition) is 1. The zero-order valence-electron chi connectivity index (χ0n) is 14.9. The Balaban J connectivity index is 0.000000604. The standard InChI is InChI=1S/C16H34.C3H3IN2/c1-3-5-7-9-11-13-15-16-14-12-10-8-6-4-2;4-6-2-1-5-3-6/h3-16H2,1-2H3;1-3H. The lowest BCUT2D eigenvalue weighted by Crippen LogP contribution is -1.82. The molecule has 0 aliphatic carbocycles. The van der Waals surface area contributed by atoms with Crippen LogP contribution in [0.1, 0.15) is 104 Å². The van der Waals surface area contributed by atoms with E-state index >= 15 is 0 Å². The molecule has 130 valence electrons. The molecule has 1 aromatic rings. The summed E-state index contributed by atoms with van der Waals surface area (Å²) in [5.74, 6) is 0. The van der Waals surface area contributed by atoms with Crippen LogP contribution in [0.5, 0.6) is 0 Å². The minimum Gasteiger partial charge on any atom is -0.279 e. The molecular weight excluding hydrogens is 383 g/mol. The first kappa shape index (κ1) is 21.9. The Morgan fingerprint density at radius 3 is 1.23 bits per heavy atom. The van der Waals surface area contributed by atoms with Crippen molar-refractivity contribution in [1.29, 1.82) is 0 Å². The number of nitrogens with zero attached hydrogens (tertiary/aromatic N) is 2. The Hall–Kier alpha value is -0.0600. The lowest BCUT2D eigenvalue weighted by molar-refractivity contribution is 0.538. The van der Waals surface area contributed by atoms with Crippen LogP contribution in [-0.2, 0) is 0 Å². The molecule has 0 fully saturated rings. The van der Waals surface area contributed by atoms with E-state index in [0.717, 1.165) is 0 Å². The van der Waals surface area contributed by atoms with Crippen molar-refractivity contribution in [2.24, 2.45) is 0 Å². The van der Waals surface area contributed by atoms with E-state index in [2.05, 4.69) is 41.7 Å². The molecule has 0 aromatic carbocycles. The molecule has 0 atom stereocenters. The van der Waals surface area contributed by atoms with Gasteiger partial charge in [-0.05, 0) is 0 Å².